The second-order valence-corrected chi connectivity index (χ2v) is 12.0. The van der Waals surface area contributed by atoms with Crippen molar-refractivity contribution in [2.45, 2.75) is 36.6 Å². The molecular formula is C30H36N4O3S. The van der Waals surface area contributed by atoms with E-state index in [0.717, 1.165) is 38.8 Å². The van der Waals surface area contributed by atoms with Gasteiger partial charge < -0.3 is 10.2 Å². The Kier molecular flexibility index (Phi) is 8.42. The average Bonchev–Trinajstić information content (AvgIpc) is 3.25. The number of hydrogen-bond donors (Lipinski definition) is 1. The average molecular weight is 533 g/mol. The van der Waals surface area contributed by atoms with E-state index in [4.69, 9.17) is 0 Å². The van der Waals surface area contributed by atoms with Crippen LogP contribution in [0.1, 0.15) is 42.9 Å². The molecular weight excluding hydrogens is 496 g/mol. The van der Waals surface area contributed by atoms with Gasteiger partial charge in [-0.1, -0.05) is 73.5 Å². The van der Waals surface area contributed by atoms with E-state index in [9.17, 15) is 13.2 Å². The fraction of sp³-hybridized carbons (Fsp3) is 0.367. The first-order valence-corrected chi connectivity index (χ1v) is 15.0. The minimum atomic E-state index is -3.63. The zero-order valence-electron chi connectivity index (χ0n) is 21.7. The van der Waals surface area contributed by atoms with Gasteiger partial charge in [-0.3, -0.25) is 4.90 Å². The van der Waals surface area contributed by atoms with E-state index >= 15 is 0 Å². The van der Waals surface area contributed by atoms with Crippen LogP contribution in [0.5, 0.6) is 0 Å². The van der Waals surface area contributed by atoms with Crippen molar-refractivity contribution >= 4 is 21.7 Å². The lowest BCUT2D eigenvalue weighted by Crippen LogP contribution is -2.49. The summed E-state index contributed by atoms with van der Waals surface area (Å²) in [6, 6.07) is 27.3. The van der Waals surface area contributed by atoms with Crippen molar-refractivity contribution in [1.29, 1.82) is 0 Å². The van der Waals surface area contributed by atoms with Gasteiger partial charge in [0.2, 0.25) is 10.0 Å². The smallest absolute Gasteiger partial charge is 0.321 e. The van der Waals surface area contributed by atoms with Crippen molar-refractivity contribution in [3.63, 3.8) is 0 Å². The van der Waals surface area contributed by atoms with Gasteiger partial charge in [-0.05, 0) is 48.2 Å². The number of urea groups is 1. The summed E-state index contributed by atoms with van der Waals surface area (Å²) in [5.74, 6) is 0. The Labute approximate surface area is 226 Å². The van der Waals surface area contributed by atoms with E-state index in [1.807, 2.05) is 41.3 Å². The van der Waals surface area contributed by atoms with Crippen molar-refractivity contribution in [2.75, 3.05) is 44.6 Å². The number of likely N-dealkylation sites (tertiary alicyclic amines) is 1. The van der Waals surface area contributed by atoms with Crippen molar-refractivity contribution < 1.29 is 13.2 Å². The number of sulfonamides is 1. The predicted molar refractivity (Wildman–Crippen MR) is 151 cm³/mol. The third-order valence-electron chi connectivity index (χ3n) is 7.51. The lowest BCUT2D eigenvalue weighted by molar-refractivity contribution is 0.156. The number of benzene rings is 3. The molecule has 0 aliphatic carbocycles. The van der Waals surface area contributed by atoms with Gasteiger partial charge in [0.05, 0.1) is 10.9 Å². The number of nitrogens with zero attached hydrogens (tertiary/aromatic N) is 3. The first kappa shape index (κ1) is 26.4. The summed E-state index contributed by atoms with van der Waals surface area (Å²) < 4.78 is 28.4. The Morgan fingerprint density at radius 1 is 0.658 bits per heavy atom. The van der Waals surface area contributed by atoms with Gasteiger partial charge in [0.1, 0.15) is 0 Å². The molecule has 0 aromatic heterocycles. The first-order valence-electron chi connectivity index (χ1n) is 13.5. The van der Waals surface area contributed by atoms with Crippen LogP contribution in [-0.4, -0.2) is 67.8 Å². The standard InChI is InChI=1S/C30H36N4O3S/c35-30(33-19-9-1-2-10-20-33)31-27-15-17-28(18-16-27)38(36,37)34-23-21-32(22-24-34)29(25-11-5-3-6-12-25)26-13-7-4-8-14-26/h3-8,11-18,29H,1-2,9-10,19-24H2,(H,31,35). The Morgan fingerprint density at radius 3 is 1.71 bits per heavy atom. The van der Waals surface area contributed by atoms with E-state index in [2.05, 4.69) is 34.5 Å². The Morgan fingerprint density at radius 2 is 1.18 bits per heavy atom. The fourth-order valence-electron chi connectivity index (χ4n) is 5.42. The van der Waals surface area contributed by atoms with Crippen LogP contribution < -0.4 is 5.32 Å². The molecule has 2 aliphatic rings. The maximum Gasteiger partial charge on any atom is 0.321 e. The number of hydrogen-bond acceptors (Lipinski definition) is 4. The molecule has 3 aromatic carbocycles. The summed E-state index contributed by atoms with van der Waals surface area (Å²) in [5, 5.41) is 2.92. The monoisotopic (exact) mass is 532 g/mol. The zero-order chi connectivity index (χ0) is 26.4. The number of carbonyl (C=O) groups is 1. The molecule has 0 spiro atoms. The molecule has 2 heterocycles. The second-order valence-electron chi connectivity index (χ2n) is 10.0. The molecule has 200 valence electrons. The van der Waals surface area contributed by atoms with Crippen LogP contribution in [0.15, 0.2) is 89.8 Å². The van der Waals surface area contributed by atoms with Gasteiger partial charge in [0, 0.05) is 45.0 Å². The molecule has 2 aliphatic heterocycles. The number of amides is 2. The predicted octanol–water partition coefficient (Wildman–Crippen LogP) is 5.19. The molecule has 0 atom stereocenters. The highest BCUT2D eigenvalue weighted by molar-refractivity contribution is 7.89. The van der Waals surface area contributed by atoms with Gasteiger partial charge in [-0.25, -0.2) is 13.2 Å². The molecule has 2 amide bonds. The van der Waals surface area contributed by atoms with Gasteiger partial charge >= 0.3 is 6.03 Å². The van der Waals surface area contributed by atoms with Crippen molar-refractivity contribution in [2.24, 2.45) is 0 Å². The minimum Gasteiger partial charge on any atom is -0.325 e. The molecule has 38 heavy (non-hydrogen) atoms. The normalized spacial score (nSPS) is 17.8. The minimum absolute atomic E-state index is 0.0781. The van der Waals surface area contributed by atoms with Crippen LogP contribution in [0, 0.1) is 0 Å². The molecule has 0 radical (unpaired) electrons. The van der Waals surface area contributed by atoms with Crippen LogP contribution in [0.25, 0.3) is 0 Å². The number of anilines is 1. The third-order valence-corrected chi connectivity index (χ3v) is 9.42. The molecule has 8 heteroatoms. The highest BCUT2D eigenvalue weighted by Gasteiger charge is 2.32. The first-order chi connectivity index (χ1) is 18.5. The number of carbonyl (C=O) groups excluding carboxylic acids is 1. The third kappa shape index (κ3) is 6.09. The Hall–Kier alpha value is -3.20. The lowest BCUT2D eigenvalue weighted by atomic mass is 9.96. The van der Waals surface area contributed by atoms with Crippen LogP contribution >= 0.6 is 0 Å². The van der Waals surface area contributed by atoms with E-state index in [1.165, 1.54) is 11.1 Å². The molecule has 0 unspecified atom stereocenters. The van der Waals surface area contributed by atoms with E-state index in [0.29, 0.717) is 31.9 Å². The fourth-order valence-corrected chi connectivity index (χ4v) is 6.84. The number of piperazine rings is 1. The van der Waals surface area contributed by atoms with Crippen LogP contribution in [-0.2, 0) is 10.0 Å². The maximum absolute atomic E-state index is 13.4. The molecule has 7 nitrogen and oxygen atoms in total. The van der Waals surface area contributed by atoms with Gasteiger partial charge in [0.25, 0.3) is 0 Å². The summed E-state index contributed by atoms with van der Waals surface area (Å²) in [4.78, 5) is 17.1. The van der Waals surface area contributed by atoms with Crippen LogP contribution in [0.2, 0.25) is 0 Å². The van der Waals surface area contributed by atoms with Crippen LogP contribution in [0.4, 0.5) is 10.5 Å². The maximum atomic E-state index is 13.4. The quantitative estimate of drug-likeness (QED) is 0.474. The number of rotatable bonds is 6. The highest BCUT2D eigenvalue weighted by Crippen LogP contribution is 2.30. The van der Waals surface area contributed by atoms with E-state index in [1.54, 1.807) is 28.6 Å². The summed E-state index contributed by atoms with van der Waals surface area (Å²) >= 11 is 0. The lowest BCUT2D eigenvalue weighted by Gasteiger charge is -2.39. The van der Waals surface area contributed by atoms with E-state index in [-0.39, 0.29) is 17.0 Å². The molecule has 0 saturated carbocycles. The highest BCUT2D eigenvalue weighted by atomic mass is 32.2. The van der Waals surface area contributed by atoms with Gasteiger partial charge in [0.15, 0.2) is 0 Å². The molecule has 2 saturated heterocycles. The van der Waals surface area contributed by atoms with Crippen molar-refractivity contribution in [3.05, 3.63) is 96.1 Å². The van der Waals surface area contributed by atoms with Crippen LogP contribution in [0.3, 0.4) is 0 Å². The largest absolute Gasteiger partial charge is 0.325 e. The molecule has 0 bridgehead atoms. The summed E-state index contributed by atoms with van der Waals surface area (Å²) in [6.45, 7) is 3.65. The van der Waals surface area contributed by atoms with Crippen molar-refractivity contribution in [1.82, 2.24) is 14.1 Å². The topological polar surface area (TPSA) is 73.0 Å². The molecule has 3 aromatic rings. The summed E-state index contributed by atoms with van der Waals surface area (Å²) in [5.41, 5.74) is 3.01. The van der Waals surface area contributed by atoms with Gasteiger partial charge in [-0.15, -0.1) is 0 Å². The second kappa shape index (κ2) is 12.1. The Balaban J connectivity index is 1.24. The SMILES string of the molecule is O=C(Nc1ccc(S(=O)(=O)N2CCN(C(c3ccccc3)c3ccccc3)CC2)cc1)N1CCCCCC1. The summed E-state index contributed by atoms with van der Waals surface area (Å²) in [6.07, 6.45) is 4.36. The van der Waals surface area contributed by atoms with Crippen molar-refractivity contribution in [3.8, 4) is 0 Å². The Bertz CT molecular complexity index is 1240. The zero-order valence-corrected chi connectivity index (χ0v) is 22.5. The number of nitrogens with one attached hydrogen (secondary N) is 1. The van der Waals surface area contributed by atoms with E-state index < -0.39 is 10.0 Å². The molecule has 2 fully saturated rings. The van der Waals surface area contributed by atoms with Gasteiger partial charge in [-0.2, -0.15) is 4.31 Å². The summed E-state index contributed by atoms with van der Waals surface area (Å²) in [7, 11) is -3.63. The molecule has 5 rings (SSSR count). The molecule has 1 N–H and O–H groups in total.